The van der Waals surface area contributed by atoms with E-state index in [1.165, 1.54) is 30.3 Å². The number of para-hydroxylation sites is 1. The maximum atomic E-state index is 12.8. The predicted molar refractivity (Wildman–Crippen MR) is 74.0 cm³/mol. The van der Waals surface area contributed by atoms with Crippen LogP contribution in [0.25, 0.3) is 0 Å². The number of hydrogen-bond acceptors (Lipinski definition) is 2. The van der Waals surface area contributed by atoms with Crippen molar-refractivity contribution < 1.29 is 18.0 Å². The monoisotopic (exact) mass is 314 g/mol. The van der Waals surface area contributed by atoms with Gasteiger partial charge in [-0.05, 0) is 24.3 Å². The minimum Gasteiger partial charge on any atom is -0.298 e. The first-order valence-electron chi connectivity index (χ1n) is 5.86. The van der Waals surface area contributed by atoms with Crippen molar-refractivity contribution >= 4 is 23.2 Å². The highest BCUT2D eigenvalue weighted by molar-refractivity contribution is 6.33. The normalized spacial score (nSPS) is 11.0. The molecule has 1 amide bonds. The molecule has 0 saturated carbocycles. The molecule has 110 valence electrons. The molecule has 0 saturated heterocycles. The van der Waals surface area contributed by atoms with E-state index >= 15 is 0 Å². The van der Waals surface area contributed by atoms with Crippen LogP contribution >= 0.6 is 11.6 Å². The number of hydrazine groups is 1. The first-order chi connectivity index (χ1) is 9.89. The van der Waals surface area contributed by atoms with Crippen LogP contribution in [0.15, 0.2) is 48.5 Å². The Morgan fingerprint density at radius 2 is 1.62 bits per heavy atom. The van der Waals surface area contributed by atoms with Crippen molar-refractivity contribution in [1.29, 1.82) is 0 Å². The molecule has 21 heavy (non-hydrogen) atoms. The van der Waals surface area contributed by atoms with Crippen LogP contribution in [-0.2, 0) is 6.18 Å². The van der Waals surface area contributed by atoms with Gasteiger partial charge in [-0.3, -0.25) is 15.6 Å². The molecule has 3 nitrogen and oxygen atoms in total. The number of carbonyl (C=O) groups is 1. The van der Waals surface area contributed by atoms with Gasteiger partial charge in [-0.2, -0.15) is 13.2 Å². The number of alkyl halides is 3. The highest BCUT2D eigenvalue weighted by Crippen LogP contribution is 2.34. The van der Waals surface area contributed by atoms with Gasteiger partial charge in [-0.15, -0.1) is 0 Å². The van der Waals surface area contributed by atoms with Crippen molar-refractivity contribution in [3.8, 4) is 0 Å². The summed E-state index contributed by atoms with van der Waals surface area (Å²) in [6.45, 7) is 0. The second-order valence-electron chi connectivity index (χ2n) is 4.10. The van der Waals surface area contributed by atoms with E-state index in [4.69, 9.17) is 11.6 Å². The second kappa shape index (κ2) is 6.05. The number of halogens is 4. The van der Waals surface area contributed by atoms with Gasteiger partial charge in [0, 0.05) is 0 Å². The Morgan fingerprint density at radius 3 is 2.29 bits per heavy atom. The molecule has 2 aromatic rings. The van der Waals surface area contributed by atoms with Crippen LogP contribution in [0, 0.1) is 0 Å². The van der Waals surface area contributed by atoms with Gasteiger partial charge in [0.25, 0.3) is 5.91 Å². The van der Waals surface area contributed by atoms with Gasteiger partial charge in [0.15, 0.2) is 0 Å². The van der Waals surface area contributed by atoms with Gasteiger partial charge < -0.3 is 0 Å². The summed E-state index contributed by atoms with van der Waals surface area (Å²) in [6, 6.07) is 11.1. The van der Waals surface area contributed by atoms with Crippen molar-refractivity contribution in [1.82, 2.24) is 5.43 Å². The third kappa shape index (κ3) is 3.66. The molecule has 0 aliphatic heterocycles. The zero-order valence-corrected chi connectivity index (χ0v) is 11.3. The maximum absolute atomic E-state index is 12.8. The fraction of sp³-hybridized carbons (Fsp3) is 0.0714. The molecule has 7 heteroatoms. The summed E-state index contributed by atoms with van der Waals surface area (Å²) in [7, 11) is 0. The van der Waals surface area contributed by atoms with Gasteiger partial charge in [0.2, 0.25) is 0 Å². The van der Waals surface area contributed by atoms with E-state index in [-0.39, 0.29) is 16.3 Å². The Morgan fingerprint density at radius 1 is 1.00 bits per heavy atom. The number of hydrogen-bond donors (Lipinski definition) is 2. The topological polar surface area (TPSA) is 41.1 Å². The number of benzene rings is 2. The van der Waals surface area contributed by atoms with Crippen LogP contribution in [0.1, 0.15) is 15.9 Å². The quantitative estimate of drug-likeness (QED) is 0.837. The molecule has 0 aromatic heterocycles. The van der Waals surface area contributed by atoms with Gasteiger partial charge in [-0.25, -0.2) is 0 Å². The lowest BCUT2D eigenvalue weighted by Gasteiger charge is -2.15. The molecule has 0 spiro atoms. The summed E-state index contributed by atoms with van der Waals surface area (Å²) in [5.41, 5.74) is 3.51. The van der Waals surface area contributed by atoms with Crippen molar-refractivity contribution in [3.05, 3.63) is 64.7 Å². The van der Waals surface area contributed by atoms with E-state index in [0.29, 0.717) is 0 Å². The van der Waals surface area contributed by atoms with Crippen molar-refractivity contribution in [2.24, 2.45) is 0 Å². The Hall–Kier alpha value is -2.21. The fourth-order valence-corrected chi connectivity index (χ4v) is 1.90. The smallest absolute Gasteiger partial charge is 0.298 e. The van der Waals surface area contributed by atoms with Crippen LogP contribution < -0.4 is 10.9 Å². The first kappa shape index (κ1) is 15.2. The fourth-order valence-electron chi connectivity index (χ4n) is 1.68. The molecule has 0 unspecified atom stereocenters. The summed E-state index contributed by atoms with van der Waals surface area (Å²) in [4.78, 5) is 11.9. The molecule has 0 fully saturated rings. The lowest BCUT2D eigenvalue weighted by molar-refractivity contribution is -0.137. The van der Waals surface area contributed by atoms with Crippen LogP contribution in [-0.4, -0.2) is 5.91 Å². The average molecular weight is 315 g/mol. The van der Waals surface area contributed by atoms with Crippen molar-refractivity contribution in [2.45, 2.75) is 6.18 Å². The van der Waals surface area contributed by atoms with Gasteiger partial charge in [-0.1, -0.05) is 35.9 Å². The number of amides is 1. The third-order valence-electron chi connectivity index (χ3n) is 2.66. The van der Waals surface area contributed by atoms with Crippen LogP contribution in [0.4, 0.5) is 18.9 Å². The molecule has 0 radical (unpaired) electrons. The SMILES string of the molecule is O=C(NNc1ccccc1C(F)(F)F)c1ccccc1Cl. The lowest BCUT2D eigenvalue weighted by Crippen LogP contribution is -2.30. The highest BCUT2D eigenvalue weighted by Gasteiger charge is 2.33. The molecule has 0 aliphatic rings. The van der Waals surface area contributed by atoms with Gasteiger partial charge >= 0.3 is 6.18 Å². The van der Waals surface area contributed by atoms with E-state index in [0.717, 1.165) is 6.07 Å². The first-order valence-corrected chi connectivity index (χ1v) is 6.24. The Labute approximate surface area is 123 Å². The number of anilines is 1. The van der Waals surface area contributed by atoms with E-state index < -0.39 is 17.6 Å². The number of nitrogens with one attached hydrogen (secondary N) is 2. The van der Waals surface area contributed by atoms with Crippen LogP contribution in [0.5, 0.6) is 0 Å². The lowest BCUT2D eigenvalue weighted by atomic mass is 10.2. The highest BCUT2D eigenvalue weighted by atomic mass is 35.5. The van der Waals surface area contributed by atoms with Crippen molar-refractivity contribution in [3.63, 3.8) is 0 Å². The molecule has 0 bridgehead atoms. The zero-order valence-electron chi connectivity index (χ0n) is 10.5. The number of rotatable bonds is 3. The largest absolute Gasteiger partial charge is 0.418 e. The molecule has 2 N–H and O–H groups in total. The molecule has 2 rings (SSSR count). The van der Waals surface area contributed by atoms with Gasteiger partial charge in [0.05, 0.1) is 21.8 Å². The minimum absolute atomic E-state index is 0.163. The second-order valence-corrected chi connectivity index (χ2v) is 4.51. The van der Waals surface area contributed by atoms with E-state index in [1.807, 2.05) is 0 Å². The average Bonchev–Trinajstić information content (AvgIpc) is 2.44. The Kier molecular flexibility index (Phi) is 4.37. The molecule has 2 aromatic carbocycles. The summed E-state index contributed by atoms with van der Waals surface area (Å²) >= 11 is 5.84. The molecule has 0 aliphatic carbocycles. The summed E-state index contributed by atoms with van der Waals surface area (Å²) in [6.07, 6.45) is -4.52. The summed E-state index contributed by atoms with van der Waals surface area (Å²) in [5, 5.41) is 0.209. The van der Waals surface area contributed by atoms with Crippen LogP contribution in [0.3, 0.4) is 0 Å². The summed E-state index contributed by atoms with van der Waals surface area (Å²) in [5.74, 6) is -0.627. The Bertz CT molecular complexity index is 659. The molecule has 0 atom stereocenters. The van der Waals surface area contributed by atoms with E-state index in [9.17, 15) is 18.0 Å². The molecular weight excluding hydrogens is 305 g/mol. The number of carbonyl (C=O) groups excluding carboxylic acids is 1. The minimum atomic E-state index is -4.52. The maximum Gasteiger partial charge on any atom is 0.418 e. The third-order valence-corrected chi connectivity index (χ3v) is 2.99. The Balaban J connectivity index is 2.14. The van der Waals surface area contributed by atoms with E-state index in [1.54, 1.807) is 12.1 Å². The van der Waals surface area contributed by atoms with Gasteiger partial charge in [0.1, 0.15) is 0 Å². The van der Waals surface area contributed by atoms with E-state index in [2.05, 4.69) is 10.9 Å². The summed E-state index contributed by atoms with van der Waals surface area (Å²) < 4.78 is 38.4. The standard InChI is InChI=1S/C14H10ClF3N2O/c15-11-7-3-1-5-9(11)13(21)20-19-12-8-4-2-6-10(12)14(16,17)18/h1-8,19H,(H,20,21). The van der Waals surface area contributed by atoms with Crippen molar-refractivity contribution in [2.75, 3.05) is 5.43 Å². The zero-order chi connectivity index (χ0) is 15.5. The predicted octanol–water partition coefficient (Wildman–Crippen LogP) is 4.12. The van der Waals surface area contributed by atoms with Crippen LogP contribution in [0.2, 0.25) is 5.02 Å². The molecular formula is C14H10ClF3N2O. The molecule has 0 heterocycles.